The minimum Gasteiger partial charge on any atom is -0.463 e. The van der Waals surface area contributed by atoms with E-state index in [-0.39, 0.29) is 36.0 Å². The van der Waals surface area contributed by atoms with Gasteiger partial charge in [-0.25, -0.2) is 9.59 Å². The fourth-order valence-corrected chi connectivity index (χ4v) is 3.60. The molecule has 0 saturated heterocycles. The van der Waals surface area contributed by atoms with Crippen LogP contribution < -0.4 is 5.32 Å². The number of ether oxygens (including phenoxy) is 1. The fourth-order valence-electron chi connectivity index (χ4n) is 3.60. The summed E-state index contributed by atoms with van der Waals surface area (Å²) >= 11 is 0. The van der Waals surface area contributed by atoms with Crippen LogP contribution in [-0.4, -0.2) is 59.0 Å². The number of nitro groups is 1. The normalized spacial score (nSPS) is 17.0. The third-order valence-corrected chi connectivity index (χ3v) is 5.15. The van der Waals surface area contributed by atoms with Crippen molar-refractivity contribution in [2.45, 2.75) is 52.7 Å². The molecule has 0 saturated carbocycles. The molecule has 9 heteroatoms. The zero-order valence-corrected chi connectivity index (χ0v) is 18.3. The van der Waals surface area contributed by atoms with Crippen molar-refractivity contribution >= 4 is 17.7 Å². The van der Waals surface area contributed by atoms with E-state index in [9.17, 15) is 19.7 Å². The Morgan fingerprint density at radius 2 is 1.93 bits per heavy atom. The molecule has 1 aromatic rings. The number of hydrogen-bond donors (Lipinski definition) is 1. The van der Waals surface area contributed by atoms with E-state index in [4.69, 9.17) is 4.74 Å². The number of nitrogens with one attached hydrogen (secondary N) is 1. The molecule has 0 fully saturated rings. The van der Waals surface area contributed by atoms with Crippen molar-refractivity contribution in [3.63, 3.8) is 0 Å². The van der Waals surface area contributed by atoms with Crippen LogP contribution in [0, 0.1) is 10.1 Å². The predicted octanol–water partition coefficient (Wildman–Crippen LogP) is 3.23. The van der Waals surface area contributed by atoms with Gasteiger partial charge < -0.3 is 10.1 Å². The van der Waals surface area contributed by atoms with Crippen LogP contribution in [0.2, 0.25) is 0 Å². The molecule has 164 valence electrons. The van der Waals surface area contributed by atoms with Crippen LogP contribution in [0.3, 0.4) is 0 Å². The smallest absolute Gasteiger partial charge is 0.338 e. The maximum absolute atomic E-state index is 13.0. The summed E-state index contributed by atoms with van der Waals surface area (Å²) in [6.45, 7) is 10.4. The summed E-state index contributed by atoms with van der Waals surface area (Å²) in [6.07, 6.45) is 0. The average Bonchev–Trinajstić information content (AvgIpc) is 2.68. The number of non-ortho nitro benzene ring substituents is 1. The first-order valence-corrected chi connectivity index (χ1v) is 10.0. The predicted molar refractivity (Wildman–Crippen MR) is 113 cm³/mol. The number of carbonyl (C=O) groups is 2. The van der Waals surface area contributed by atoms with E-state index < -0.39 is 16.9 Å². The molecule has 30 heavy (non-hydrogen) atoms. The molecule has 2 amide bonds. The van der Waals surface area contributed by atoms with Gasteiger partial charge in [-0.05, 0) is 40.2 Å². The molecular formula is C21H30N4O5. The number of benzene rings is 1. The van der Waals surface area contributed by atoms with Crippen molar-refractivity contribution in [1.29, 1.82) is 0 Å². The van der Waals surface area contributed by atoms with Crippen LogP contribution in [-0.2, 0) is 9.53 Å². The van der Waals surface area contributed by atoms with E-state index in [1.54, 1.807) is 20.0 Å². The van der Waals surface area contributed by atoms with Crippen molar-refractivity contribution in [2.24, 2.45) is 0 Å². The van der Waals surface area contributed by atoms with E-state index in [1.807, 2.05) is 27.7 Å². The molecule has 0 unspecified atom stereocenters. The molecule has 1 atom stereocenters. The number of urea groups is 1. The van der Waals surface area contributed by atoms with Gasteiger partial charge in [0.1, 0.15) is 0 Å². The van der Waals surface area contributed by atoms with Crippen LogP contribution in [0.15, 0.2) is 35.5 Å². The molecule has 1 heterocycles. The van der Waals surface area contributed by atoms with E-state index in [2.05, 4.69) is 10.2 Å². The van der Waals surface area contributed by atoms with E-state index in [0.29, 0.717) is 17.8 Å². The largest absolute Gasteiger partial charge is 0.463 e. The van der Waals surface area contributed by atoms with Gasteiger partial charge in [0.25, 0.3) is 5.69 Å². The highest BCUT2D eigenvalue weighted by molar-refractivity contribution is 5.95. The standard InChI is InChI=1S/C21H30N4O5/c1-7-30-20(26)18-17(12-24(13(2)3)14(4)5)23(6)21(27)22-19(18)15-9-8-10-16(11-15)25(28)29/h8-11,13-14,19H,7,12H2,1-6H3,(H,22,27)/t19-/m1/s1. The van der Waals surface area contributed by atoms with E-state index >= 15 is 0 Å². The Hall–Kier alpha value is -2.94. The van der Waals surface area contributed by atoms with Gasteiger partial charge in [-0.1, -0.05) is 12.1 Å². The molecule has 1 aromatic carbocycles. The molecular weight excluding hydrogens is 388 g/mol. The first-order valence-electron chi connectivity index (χ1n) is 10.0. The number of likely N-dealkylation sites (N-methyl/N-ethyl adjacent to an activating group) is 1. The molecule has 0 bridgehead atoms. The molecule has 1 aliphatic rings. The van der Waals surface area contributed by atoms with Gasteiger partial charge in [0, 0.05) is 43.5 Å². The van der Waals surface area contributed by atoms with Crippen molar-refractivity contribution in [3.8, 4) is 0 Å². The molecule has 0 spiro atoms. The first kappa shape index (κ1) is 23.3. The Labute approximate surface area is 176 Å². The number of rotatable bonds is 8. The Morgan fingerprint density at radius 1 is 1.30 bits per heavy atom. The zero-order valence-electron chi connectivity index (χ0n) is 18.3. The molecule has 9 nitrogen and oxygen atoms in total. The number of hydrogen-bond acceptors (Lipinski definition) is 6. The number of nitrogens with zero attached hydrogens (tertiary/aromatic N) is 3. The molecule has 1 aliphatic heterocycles. The number of amides is 2. The topological polar surface area (TPSA) is 105 Å². The van der Waals surface area contributed by atoms with Crippen LogP contribution in [0.25, 0.3) is 0 Å². The summed E-state index contributed by atoms with van der Waals surface area (Å²) in [7, 11) is 1.60. The first-order chi connectivity index (χ1) is 14.1. The van der Waals surface area contributed by atoms with Crippen LogP contribution >= 0.6 is 0 Å². The molecule has 0 aliphatic carbocycles. The zero-order chi connectivity index (χ0) is 22.6. The highest BCUT2D eigenvalue weighted by Crippen LogP contribution is 2.33. The second kappa shape index (κ2) is 9.71. The summed E-state index contributed by atoms with van der Waals surface area (Å²) in [5.41, 5.74) is 1.14. The SMILES string of the molecule is CCOC(=O)C1=C(CN(C(C)C)C(C)C)N(C)C(=O)N[C@@H]1c1cccc([N+](=O)[O-])c1. The van der Waals surface area contributed by atoms with Crippen molar-refractivity contribution in [1.82, 2.24) is 15.1 Å². The van der Waals surface area contributed by atoms with Gasteiger partial charge >= 0.3 is 12.0 Å². The summed E-state index contributed by atoms with van der Waals surface area (Å²) < 4.78 is 5.30. The second-order valence-corrected chi connectivity index (χ2v) is 7.73. The van der Waals surface area contributed by atoms with Crippen LogP contribution in [0.4, 0.5) is 10.5 Å². The summed E-state index contributed by atoms with van der Waals surface area (Å²) in [6, 6.07) is 5.05. The van der Waals surface area contributed by atoms with Crippen molar-refractivity contribution in [3.05, 3.63) is 51.2 Å². The van der Waals surface area contributed by atoms with Gasteiger partial charge in [0.2, 0.25) is 0 Å². The Bertz CT molecular complexity index is 842. The van der Waals surface area contributed by atoms with Gasteiger partial charge in [-0.15, -0.1) is 0 Å². The second-order valence-electron chi connectivity index (χ2n) is 7.73. The lowest BCUT2D eigenvalue weighted by molar-refractivity contribution is -0.384. The third-order valence-electron chi connectivity index (χ3n) is 5.15. The van der Waals surface area contributed by atoms with Crippen molar-refractivity contribution in [2.75, 3.05) is 20.2 Å². The lowest BCUT2D eigenvalue weighted by atomic mass is 9.93. The number of carbonyl (C=O) groups excluding carboxylic acids is 2. The Balaban J connectivity index is 2.66. The van der Waals surface area contributed by atoms with Crippen LogP contribution in [0.5, 0.6) is 0 Å². The molecule has 2 rings (SSSR count). The minimum atomic E-state index is -0.844. The number of nitro benzene ring substituents is 1. The quantitative estimate of drug-likeness (QED) is 0.395. The maximum atomic E-state index is 13.0. The summed E-state index contributed by atoms with van der Waals surface area (Å²) in [5.74, 6) is -0.552. The highest BCUT2D eigenvalue weighted by atomic mass is 16.6. The Kier molecular flexibility index (Phi) is 7.55. The van der Waals surface area contributed by atoms with Gasteiger partial charge in [-0.2, -0.15) is 0 Å². The molecule has 0 radical (unpaired) electrons. The van der Waals surface area contributed by atoms with Gasteiger partial charge in [-0.3, -0.25) is 19.9 Å². The Morgan fingerprint density at radius 3 is 2.47 bits per heavy atom. The van der Waals surface area contributed by atoms with Gasteiger partial charge in [0.05, 0.1) is 23.1 Å². The van der Waals surface area contributed by atoms with E-state index in [1.165, 1.54) is 23.1 Å². The maximum Gasteiger partial charge on any atom is 0.338 e. The van der Waals surface area contributed by atoms with Crippen molar-refractivity contribution < 1.29 is 19.2 Å². The monoisotopic (exact) mass is 418 g/mol. The highest BCUT2D eigenvalue weighted by Gasteiger charge is 2.38. The molecule has 1 N–H and O–H groups in total. The summed E-state index contributed by atoms with van der Waals surface area (Å²) in [5, 5.41) is 14.0. The minimum absolute atomic E-state index is 0.114. The number of esters is 1. The fraction of sp³-hybridized carbons (Fsp3) is 0.524. The van der Waals surface area contributed by atoms with E-state index in [0.717, 1.165) is 0 Å². The lowest BCUT2D eigenvalue weighted by Crippen LogP contribution is -2.50. The average molecular weight is 418 g/mol. The van der Waals surface area contributed by atoms with Gasteiger partial charge in [0.15, 0.2) is 0 Å². The van der Waals surface area contributed by atoms with Crippen LogP contribution in [0.1, 0.15) is 46.2 Å². The lowest BCUT2D eigenvalue weighted by Gasteiger charge is -2.39. The third kappa shape index (κ3) is 4.96. The molecule has 0 aromatic heterocycles. The summed E-state index contributed by atoms with van der Waals surface area (Å²) in [4.78, 5) is 40.0.